The van der Waals surface area contributed by atoms with Gasteiger partial charge in [0.1, 0.15) is 5.75 Å². The topological polar surface area (TPSA) is 59.0 Å². The molecule has 0 aliphatic carbocycles. The molecule has 0 amide bonds. The number of ether oxygens (including phenoxy) is 1. The first-order valence-electron chi connectivity index (χ1n) is 4.86. The van der Waals surface area contributed by atoms with Gasteiger partial charge in [0.05, 0.1) is 12.5 Å². The minimum atomic E-state index is -4.49. The summed E-state index contributed by atoms with van der Waals surface area (Å²) >= 11 is 0. The van der Waals surface area contributed by atoms with Gasteiger partial charge in [-0.1, -0.05) is 12.1 Å². The Morgan fingerprint density at radius 2 is 1.88 bits per heavy atom. The van der Waals surface area contributed by atoms with E-state index in [1.165, 1.54) is 12.1 Å². The molecule has 0 fully saturated rings. The van der Waals surface area contributed by atoms with E-state index in [-0.39, 0.29) is 12.2 Å². The molecule has 0 aromatic heterocycles. The highest BCUT2D eigenvalue weighted by Gasteiger charge is 2.40. The first kappa shape index (κ1) is 13.3. The lowest BCUT2D eigenvalue weighted by atomic mass is 10.2. The number of nitriles is 1. The van der Waals surface area contributed by atoms with Gasteiger partial charge in [-0.25, -0.2) is 0 Å². The van der Waals surface area contributed by atoms with Gasteiger partial charge >= 0.3 is 6.18 Å². The molecule has 0 saturated heterocycles. The van der Waals surface area contributed by atoms with Crippen molar-refractivity contribution >= 4 is 0 Å². The fourth-order valence-corrected chi connectivity index (χ4v) is 1.19. The lowest BCUT2D eigenvalue weighted by Gasteiger charge is -2.20. The van der Waals surface area contributed by atoms with Crippen molar-refractivity contribution in [2.24, 2.45) is 5.73 Å². The van der Waals surface area contributed by atoms with Crippen LogP contribution in [-0.4, -0.2) is 18.8 Å². The number of nitrogens with two attached hydrogens (primary N) is 1. The number of benzene rings is 1. The third-order valence-electron chi connectivity index (χ3n) is 2.06. The Bertz CT molecular complexity index is 395. The number of hydrogen-bond donors (Lipinski definition) is 1. The number of alkyl halides is 3. The number of halogens is 3. The summed E-state index contributed by atoms with van der Waals surface area (Å²) in [7, 11) is 0. The maximum Gasteiger partial charge on any atom is 0.426 e. The predicted octanol–water partition coefficient (Wildman–Crippen LogP) is 2.02. The third-order valence-corrected chi connectivity index (χ3v) is 2.06. The Kier molecular flexibility index (Phi) is 4.35. The van der Waals surface area contributed by atoms with Gasteiger partial charge in [0.25, 0.3) is 0 Å². The average molecular weight is 244 g/mol. The van der Waals surface area contributed by atoms with E-state index in [0.29, 0.717) is 0 Å². The molecule has 17 heavy (non-hydrogen) atoms. The first-order valence-corrected chi connectivity index (χ1v) is 4.86. The summed E-state index contributed by atoms with van der Waals surface area (Å²) in [5.41, 5.74) is 5.71. The van der Waals surface area contributed by atoms with Crippen molar-refractivity contribution in [3.63, 3.8) is 0 Å². The zero-order valence-electron chi connectivity index (χ0n) is 8.87. The molecule has 0 spiro atoms. The summed E-state index contributed by atoms with van der Waals surface area (Å²) < 4.78 is 41.8. The second kappa shape index (κ2) is 5.55. The summed E-state index contributed by atoms with van der Waals surface area (Å²) in [6, 6.07) is 7.81. The Morgan fingerprint density at radius 1 is 1.29 bits per heavy atom. The Balaban J connectivity index is 2.71. The largest absolute Gasteiger partial charge is 0.480 e. The molecule has 1 unspecified atom stereocenters. The SMILES string of the molecule is N#CCc1ccc(OC(CN)C(F)(F)F)cc1. The molecule has 0 bridgehead atoms. The van der Waals surface area contributed by atoms with Gasteiger partial charge in [-0.3, -0.25) is 0 Å². The molecule has 1 aromatic rings. The van der Waals surface area contributed by atoms with Crippen LogP contribution in [0.2, 0.25) is 0 Å². The van der Waals surface area contributed by atoms with E-state index in [9.17, 15) is 13.2 Å². The molecule has 3 nitrogen and oxygen atoms in total. The fraction of sp³-hybridized carbons (Fsp3) is 0.364. The second-order valence-electron chi connectivity index (χ2n) is 3.36. The summed E-state index contributed by atoms with van der Waals surface area (Å²) in [6.07, 6.45) is -6.29. The highest BCUT2D eigenvalue weighted by atomic mass is 19.4. The molecule has 0 saturated carbocycles. The van der Waals surface area contributed by atoms with Crippen molar-refractivity contribution in [2.45, 2.75) is 18.7 Å². The molecule has 0 aliphatic heterocycles. The van der Waals surface area contributed by atoms with Crippen molar-refractivity contribution in [1.29, 1.82) is 5.26 Å². The molecule has 0 heterocycles. The van der Waals surface area contributed by atoms with E-state index in [4.69, 9.17) is 15.7 Å². The summed E-state index contributed by atoms with van der Waals surface area (Å²) in [5.74, 6) is 0.0828. The average Bonchev–Trinajstić information content (AvgIpc) is 2.27. The van der Waals surface area contributed by atoms with Gasteiger partial charge in [-0.2, -0.15) is 18.4 Å². The van der Waals surface area contributed by atoms with Crippen LogP contribution in [0.5, 0.6) is 5.75 Å². The number of hydrogen-bond acceptors (Lipinski definition) is 3. The Morgan fingerprint density at radius 3 is 2.29 bits per heavy atom. The minimum Gasteiger partial charge on any atom is -0.480 e. The number of rotatable bonds is 4. The van der Waals surface area contributed by atoms with Crippen LogP contribution < -0.4 is 10.5 Å². The van der Waals surface area contributed by atoms with Crippen molar-refractivity contribution in [2.75, 3.05) is 6.54 Å². The second-order valence-corrected chi connectivity index (χ2v) is 3.36. The van der Waals surface area contributed by atoms with E-state index in [0.717, 1.165) is 5.56 Å². The minimum absolute atomic E-state index is 0.0828. The maximum atomic E-state index is 12.4. The maximum absolute atomic E-state index is 12.4. The molecule has 0 radical (unpaired) electrons. The summed E-state index contributed by atoms with van der Waals surface area (Å²) in [5, 5.41) is 8.43. The predicted molar refractivity (Wildman–Crippen MR) is 55.3 cm³/mol. The van der Waals surface area contributed by atoms with Gasteiger partial charge in [0.15, 0.2) is 0 Å². The van der Waals surface area contributed by atoms with Gasteiger partial charge in [-0.15, -0.1) is 0 Å². The van der Waals surface area contributed by atoms with Crippen LogP contribution in [0.4, 0.5) is 13.2 Å². The molecule has 1 atom stereocenters. The van der Waals surface area contributed by atoms with Gasteiger partial charge in [0.2, 0.25) is 6.10 Å². The van der Waals surface area contributed by atoms with Gasteiger partial charge in [-0.05, 0) is 17.7 Å². The van der Waals surface area contributed by atoms with Crippen LogP contribution in [0.15, 0.2) is 24.3 Å². The molecule has 2 N–H and O–H groups in total. The van der Waals surface area contributed by atoms with Crippen LogP contribution >= 0.6 is 0 Å². The number of nitrogens with zero attached hydrogens (tertiary/aromatic N) is 1. The lowest BCUT2D eigenvalue weighted by molar-refractivity contribution is -0.191. The van der Waals surface area contributed by atoms with Gasteiger partial charge in [0, 0.05) is 6.54 Å². The summed E-state index contributed by atoms with van der Waals surface area (Å²) in [6.45, 7) is -0.635. The lowest BCUT2D eigenvalue weighted by Crippen LogP contribution is -2.40. The normalized spacial score (nSPS) is 12.9. The highest BCUT2D eigenvalue weighted by molar-refractivity contribution is 5.29. The molecular weight excluding hydrogens is 233 g/mol. The molecule has 0 aliphatic rings. The van der Waals surface area contributed by atoms with Crippen LogP contribution in [0.1, 0.15) is 5.56 Å². The fourth-order valence-electron chi connectivity index (χ4n) is 1.19. The van der Waals surface area contributed by atoms with Crippen molar-refractivity contribution in [1.82, 2.24) is 0 Å². The van der Waals surface area contributed by atoms with Crippen molar-refractivity contribution in [3.8, 4) is 11.8 Å². The Hall–Kier alpha value is -1.74. The van der Waals surface area contributed by atoms with Crippen molar-refractivity contribution < 1.29 is 17.9 Å². The zero-order chi connectivity index (χ0) is 12.9. The smallest absolute Gasteiger partial charge is 0.426 e. The van der Waals surface area contributed by atoms with E-state index in [2.05, 4.69) is 0 Å². The van der Waals surface area contributed by atoms with Crippen LogP contribution in [0.3, 0.4) is 0 Å². The van der Waals surface area contributed by atoms with E-state index >= 15 is 0 Å². The van der Waals surface area contributed by atoms with Crippen molar-refractivity contribution in [3.05, 3.63) is 29.8 Å². The van der Waals surface area contributed by atoms with Crippen LogP contribution in [0, 0.1) is 11.3 Å². The first-order chi connectivity index (χ1) is 7.97. The molecule has 1 rings (SSSR count). The zero-order valence-corrected chi connectivity index (χ0v) is 8.87. The molecule has 92 valence electrons. The van der Waals surface area contributed by atoms with E-state index in [1.54, 1.807) is 12.1 Å². The standard InChI is InChI=1S/C11H11F3N2O/c12-11(13,14)10(7-16)17-9-3-1-8(2-4-9)5-6-15/h1-4,10H,5,7,16H2. The van der Waals surface area contributed by atoms with Crippen LogP contribution in [0.25, 0.3) is 0 Å². The highest BCUT2D eigenvalue weighted by Crippen LogP contribution is 2.24. The molecular formula is C11H11F3N2O. The van der Waals surface area contributed by atoms with E-state index < -0.39 is 18.8 Å². The molecule has 1 aromatic carbocycles. The quantitative estimate of drug-likeness (QED) is 0.881. The Labute approximate surface area is 96.6 Å². The van der Waals surface area contributed by atoms with Gasteiger partial charge < -0.3 is 10.5 Å². The molecule has 6 heteroatoms. The van der Waals surface area contributed by atoms with E-state index in [1.807, 2.05) is 6.07 Å². The van der Waals surface area contributed by atoms with Crippen LogP contribution in [-0.2, 0) is 6.42 Å². The summed E-state index contributed by atoms with van der Waals surface area (Å²) in [4.78, 5) is 0. The third kappa shape index (κ3) is 3.96. The monoisotopic (exact) mass is 244 g/mol.